The Morgan fingerprint density at radius 1 is 0.636 bits per heavy atom. The lowest BCUT2D eigenvalue weighted by Crippen LogP contribution is -2.76. The minimum atomic E-state index is -4.30. The molecule has 0 spiro atoms. The van der Waals surface area contributed by atoms with Crippen LogP contribution in [0, 0.1) is 16.2 Å². The second-order valence-electron chi connectivity index (χ2n) is 8.85. The van der Waals surface area contributed by atoms with E-state index in [1.165, 1.54) is 0 Å². The molecule has 6 aliphatic carbocycles. The molecule has 0 atom stereocenters. The molecule has 0 heterocycles. The maximum absolute atomic E-state index is 15.0. The van der Waals surface area contributed by atoms with Crippen LogP contribution < -0.4 is 0 Å². The molecule has 1 N–H and O–H groups in total. The van der Waals surface area contributed by atoms with Crippen molar-refractivity contribution in [2.75, 3.05) is 0 Å². The van der Waals surface area contributed by atoms with E-state index in [4.69, 9.17) is 0 Å². The predicted octanol–water partition coefficient (Wildman–Crippen LogP) is 4.92. The van der Waals surface area contributed by atoms with Gasteiger partial charge >= 0.3 is 11.8 Å². The number of fused-ring (bicyclic) bond motifs is 6. The Balaban J connectivity index is 1.81. The maximum atomic E-state index is 15.0. The molecule has 6 aliphatic rings. The first-order chi connectivity index (χ1) is 10.0. The van der Waals surface area contributed by atoms with Gasteiger partial charge in [-0.3, -0.25) is 0 Å². The smallest absolute Gasteiger partial charge is 0.338 e. The van der Waals surface area contributed by atoms with Crippen LogP contribution in [0.3, 0.4) is 0 Å². The number of hydrogen-bond acceptors (Lipinski definition) is 1. The Hall–Kier alpha value is -0.320. The first kappa shape index (κ1) is 15.2. The third-order valence-corrected chi connectivity index (χ3v) is 8.15. The normalized spacial score (nSPS) is 55.4. The monoisotopic (exact) mass is 320 g/mol. The van der Waals surface area contributed by atoms with Crippen molar-refractivity contribution in [1.29, 1.82) is 0 Å². The lowest BCUT2D eigenvalue weighted by molar-refractivity contribution is -0.408. The average molecular weight is 320 g/mol. The van der Waals surface area contributed by atoms with E-state index in [1.807, 2.05) is 0 Å². The first-order valence-corrected chi connectivity index (χ1v) is 8.52. The molecule has 126 valence electrons. The SMILES string of the molecule is CC12CCC(C34CCC(O)(CC3)C(F)(F)C4(F)F)(CC1)CC2. The van der Waals surface area contributed by atoms with Crippen molar-refractivity contribution >= 4 is 0 Å². The molecule has 0 amide bonds. The molecule has 6 saturated carbocycles. The molecule has 4 bridgehead atoms. The van der Waals surface area contributed by atoms with Crippen LogP contribution >= 0.6 is 0 Å². The summed E-state index contributed by atoms with van der Waals surface area (Å²) < 4.78 is 58.9. The lowest BCUT2D eigenvalue weighted by atomic mass is 9.38. The van der Waals surface area contributed by atoms with Gasteiger partial charge in [-0.1, -0.05) is 6.92 Å². The Kier molecular flexibility index (Phi) is 2.66. The second kappa shape index (κ2) is 3.84. The Labute approximate surface area is 128 Å². The predicted molar refractivity (Wildman–Crippen MR) is 74.0 cm³/mol. The topological polar surface area (TPSA) is 20.2 Å². The Morgan fingerprint density at radius 3 is 1.55 bits per heavy atom. The summed E-state index contributed by atoms with van der Waals surface area (Å²) in [7, 11) is 0. The zero-order chi connectivity index (χ0) is 16.1. The van der Waals surface area contributed by atoms with Crippen molar-refractivity contribution < 1.29 is 22.7 Å². The molecule has 22 heavy (non-hydrogen) atoms. The number of halogens is 4. The van der Waals surface area contributed by atoms with Crippen LogP contribution in [0.4, 0.5) is 17.6 Å². The van der Waals surface area contributed by atoms with Crippen molar-refractivity contribution in [1.82, 2.24) is 0 Å². The van der Waals surface area contributed by atoms with Gasteiger partial charge in [0.15, 0.2) is 0 Å². The van der Waals surface area contributed by atoms with Crippen LogP contribution in [0.15, 0.2) is 0 Å². The number of hydrogen-bond donors (Lipinski definition) is 1. The molecule has 0 saturated heterocycles. The number of aliphatic hydroxyl groups is 1. The highest BCUT2D eigenvalue weighted by Crippen LogP contribution is 2.77. The molecule has 5 heteroatoms. The van der Waals surface area contributed by atoms with E-state index in [9.17, 15) is 22.7 Å². The van der Waals surface area contributed by atoms with Gasteiger partial charge in [0.25, 0.3) is 0 Å². The fourth-order valence-corrected chi connectivity index (χ4v) is 6.27. The minimum Gasteiger partial charge on any atom is -0.383 e. The summed E-state index contributed by atoms with van der Waals surface area (Å²) in [6.07, 6.45) is 4.28. The van der Waals surface area contributed by atoms with Crippen LogP contribution in [0.25, 0.3) is 0 Å². The highest BCUT2D eigenvalue weighted by Gasteiger charge is 2.85. The van der Waals surface area contributed by atoms with E-state index < -0.39 is 28.3 Å². The third-order valence-electron chi connectivity index (χ3n) is 8.15. The van der Waals surface area contributed by atoms with Crippen LogP contribution in [-0.2, 0) is 0 Å². The summed E-state index contributed by atoms with van der Waals surface area (Å²) in [4.78, 5) is 0. The van der Waals surface area contributed by atoms with Crippen molar-refractivity contribution in [2.45, 2.75) is 88.6 Å². The molecule has 6 rings (SSSR count). The quantitative estimate of drug-likeness (QED) is 0.680. The maximum Gasteiger partial charge on any atom is 0.338 e. The molecular weight excluding hydrogens is 296 g/mol. The zero-order valence-electron chi connectivity index (χ0n) is 13.0. The van der Waals surface area contributed by atoms with Gasteiger partial charge in [-0.05, 0) is 75.0 Å². The largest absolute Gasteiger partial charge is 0.383 e. The standard InChI is InChI=1S/C17H24F4O/c1-12-2-5-13(6-3-12,7-4-12)14-8-10-15(22,11-9-14)17(20,21)16(14,18)19/h22H,2-11H2,1H3. The molecule has 0 aromatic rings. The summed E-state index contributed by atoms with van der Waals surface area (Å²) in [5.74, 6) is -8.40. The molecule has 6 fully saturated rings. The summed E-state index contributed by atoms with van der Waals surface area (Å²) in [6, 6.07) is 0. The fraction of sp³-hybridized carbons (Fsp3) is 1.00. The van der Waals surface area contributed by atoms with E-state index in [1.54, 1.807) is 0 Å². The van der Waals surface area contributed by atoms with Gasteiger partial charge in [0.05, 0.1) is 0 Å². The van der Waals surface area contributed by atoms with Gasteiger partial charge in [-0.25, -0.2) is 0 Å². The summed E-state index contributed by atoms with van der Waals surface area (Å²) in [6.45, 7) is 2.20. The van der Waals surface area contributed by atoms with Crippen LogP contribution in [0.1, 0.15) is 71.1 Å². The van der Waals surface area contributed by atoms with E-state index in [0.29, 0.717) is 19.3 Å². The van der Waals surface area contributed by atoms with Crippen LogP contribution in [0.5, 0.6) is 0 Å². The lowest BCUT2D eigenvalue weighted by Gasteiger charge is -2.69. The third kappa shape index (κ3) is 1.37. The van der Waals surface area contributed by atoms with E-state index in [0.717, 1.165) is 19.3 Å². The van der Waals surface area contributed by atoms with E-state index >= 15 is 0 Å². The van der Waals surface area contributed by atoms with Crippen molar-refractivity contribution in [3.05, 3.63) is 0 Å². The molecule has 1 nitrogen and oxygen atoms in total. The number of rotatable bonds is 1. The Morgan fingerprint density at radius 2 is 1.09 bits per heavy atom. The van der Waals surface area contributed by atoms with Crippen LogP contribution in [0.2, 0.25) is 0 Å². The first-order valence-electron chi connectivity index (χ1n) is 8.52. The van der Waals surface area contributed by atoms with Gasteiger partial charge in [0.2, 0.25) is 0 Å². The van der Waals surface area contributed by atoms with Crippen LogP contribution in [-0.4, -0.2) is 22.6 Å². The molecule has 0 aromatic heterocycles. The van der Waals surface area contributed by atoms with E-state index in [-0.39, 0.29) is 31.1 Å². The minimum absolute atomic E-state index is 0.0444. The summed E-state index contributed by atoms with van der Waals surface area (Å²) >= 11 is 0. The van der Waals surface area contributed by atoms with Gasteiger partial charge in [0.1, 0.15) is 5.60 Å². The highest BCUT2D eigenvalue weighted by atomic mass is 19.3. The van der Waals surface area contributed by atoms with Gasteiger partial charge in [-0.2, -0.15) is 17.6 Å². The van der Waals surface area contributed by atoms with Crippen molar-refractivity contribution in [3.63, 3.8) is 0 Å². The van der Waals surface area contributed by atoms with Crippen molar-refractivity contribution in [2.24, 2.45) is 16.2 Å². The van der Waals surface area contributed by atoms with Gasteiger partial charge in [0, 0.05) is 5.41 Å². The zero-order valence-corrected chi connectivity index (χ0v) is 13.0. The van der Waals surface area contributed by atoms with Crippen molar-refractivity contribution in [3.8, 4) is 0 Å². The molecule has 0 radical (unpaired) electrons. The van der Waals surface area contributed by atoms with E-state index in [2.05, 4.69) is 6.92 Å². The summed E-state index contributed by atoms with van der Waals surface area (Å²) in [5, 5.41) is 10.1. The molecular formula is C17H24F4O. The molecule has 0 aliphatic heterocycles. The van der Waals surface area contributed by atoms with Gasteiger partial charge in [-0.15, -0.1) is 0 Å². The summed E-state index contributed by atoms with van der Waals surface area (Å²) in [5.41, 5.74) is -4.55. The fourth-order valence-electron chi connectivity index (χ4n) is 6.27. The Bertz CT molecular complexity index is 480. The highest BCUT2D eigenvalue weighted by molar-refractivity contribution is 5.24. The molecule has 0 unspecified atom stereocenters. The van der Waals surface area contributed by atoms with Gasteiger partial charge < -0.3 is 5.11 Å². The number of alkyl halides is 4. The second-order valence-corrected chi connectivity index (χ2v) is 8.85. The molecule has 0 aromatic carbocycles. The average Bonchev–Trinajstić information content (AvgIpc) is 2.47.